The predicted octanol–water partition coefficient (Wildman–Crippen LogP) is 2.76. The molecule has 1 saturated carbocycles. The highest BCUT2D eigenvalue weighted by Gasteiger charge is 2.48. The molecule has 1 fully saturated rings. The molecule has 4 rings (SSSR count). The molecule has 2 aromatic carbocycles. The molecule has 9 nitrogen and oxygen atoms in total. The van der Waals surface area contributed by atoms with E-state index in [9.17, 15) is 36.0 Å². The van der Waals surface area contributed by atoms with Crippen LogP contribution in [0, 0.1) is 17.1 Å². The van der Waals surface area contributed by atoms with Gasteiger partial charge in [-0.2, -0.15) is 23.5 Å². The van der Waals surface area contributed by atoms with E-state index in [1.165, 1.54) is 29.5 Å². The largest absolute Gasteiger partial charge is 0.407 e. The van der Waals surface area contributed by atoms with Gasteiger partial charge in [-0.3, -0.25) is 10.1 Å². The average Bonchev–Trinajstić information content (AvgIpc) is 3.40. The molecule has 3 aromatic rings. The topological polar surface area (TPSA) is 130 Å². The number of benzene rings is 2. The number of nitriles is 1. The van der Waals surface area contributed by atoms with Gasteiger partial charge in [-0.25, -0.2) is 22.5 Å². The van der Waals surface area contributed by atoms with Crippen LogP contribution >= 0.6 is 0 Å². The minimum atomic E-state index is -4.94. The summed E-state index contributed by atoms with van der Waals surface area (Å²) in [5.41, 5.74) is -0.684. The number of nitrogens with zero attached hydrogens (tertiary/aromatic N) is 4. The number of hydrogen-bond donors (Lipinski definition) is 2. The van der Waals surface area contributed by atoms with E-state index in [4.69, 9.17) is 0 Å². The van der Waals surface area contributed by atoms with Crippen molar-refractivity contribution < 1.29 is 30.8 Å². The SMILES string of the molecule is N#CC1(NC(=O)[C@H](CS(=O)(=O)Cc2ccc(-n3cncn3)cc2)N[C@@H](c2ccc(F)cc2)C(F)(F)F)CC1. The van der Waals surface area contributed by atoms with Gasteiger partial charge in [0, 0.05) is 0 Å². The van der Waals surface area contributed by atoms with Gasteiger partial charge in [0.05, 0.1) is 23.3 Å². The number of carbonyl (C=O) groups excluding carboxylic acids is 1. The minimum Gasteiger partial charge on any atom is -0.336 e. The Kier molecular flexibility index (Phi) is 7.52. The number of sulfone groups is 1. The van der Waals surface area contributed by atoms with Crippen LogP contribution < -0.4 is 10.6 Å². The molecule has 1 aliphatic carbocycles. The van der Waals surface area contributed by atoms with Gasteiger partial charge in [0.2, 0.25) is 5.91 Å². The van der Waals surface area contributed by atoms with Gasteiger partial charge in [-0.1, -0.05) is 24.3 Å². The standard InChI is InChI=1S/C24H22F4N6O3S/c25-18-5-3-17(4-6-18)21(24(26,27)28)32-20(22(35)33-23(13-29)9-10-23)12-38(36,37)11-16-1-7-19(8-2-16)34-15-30-14-31-34/h1-8,14-15,20-21,32H,9-12H2,(H,33,35)/t20-,21-/m0/s1. The number of halogens is 4. The number of hydrogen-bond acceptors (Lipinski definition) is 7. The Hall–Kier alpha value is -3.83. The van der Waals surface area contributed by atoms with E-state index in [1.807, 2.05) is 6.07 Å². The molecule has 0 saturated heterocycles. The van der Waals surface area contributed by atoms with Crippen LogP contribution in [0.2, 0.25) is 0 Å². The van der Waals surface area contributed by atoms with Crippen molar-refractivity contribution in [2.24, 2.45) is 0 Å². The van der Waals surface area contributed by atoms with Crippen LogP contribution in [-0.2, 0) is 20.4 Å². The van der Waals surface area contributed by atoms with Crippen LogP contribution in [0.15, 0.2) is 61.2 Å². The molecule has 200 valence electrons. The molecule has 14 heteroatoms. The van der Waals surface area contributed by atoms with Crippen molar-refractivity contribution in [2.45, 2.75) is 42.4 Å². The van der Waals surface area contributed by atoms with E-state index in [0.717, 1.165) is 24.3 Å². The van der Waals surface area contributed by atoms with E-state index < -0.39 is 62.4 Å². The van der Waals surface area contributed by atoms with E-state index in [0.29, 0.717) is 24.1 Å². The van der Waals surface area contributed by atoms with Crippen molar-refractivity contribution in [1.82, 2.24) is 25.4 Å². The number of nitrogens with one attached hydrogen (secondary N) is 2. The van der Waals surface area contributed by atoms with Crippen LogP contribution in [0.3, 0.4) is 0 Å². The fraction of sp³-hybridized carbons (Fsp3) is 0.333. The zero-order chi connectivity index (χ0) is 27.6. The van der Waals surface area contributed by atoms with E-state index in [2.05, 4.69) is 20.7 Å². The quantitative estimate of drug-likeness (QED) is 0.372. The Morgan fingerprint density at radius 2 is 1.79 bits per heavy atom. The lowest BCUT2D eigenvalue weighted by atomic mass is 10.0. The van der Waals surface area contributed by atoms with Crippen molar-refractivity contribution in [3.63, 3.8) is 0 Å². The van der Waals surface area contributed by atoms with Crippen molar-refractivity contribution in [1.29, 1.82) is 5.26 Å². The summed E-state index contributed by atoms with van der Waals surface area (Å²) in [6, 6.07) is 7.28. The number of aromatic nitrogens is 3. The third kappa shape index (κ3) is 6.73. The number of carbonyl (C=O) groups is 1. The smallest absolute Gasteiger partial charge is 0.336 e. The predicted molar refractivity (Wildman–Crippen MR) is 127 cm³/mol. The van der Waals surface area contributed by atoms with Crippen LogP contribution in [0.25, 0.3) is 5.69 Å². The molecule has 2 atom stereocenters. The lowest BCUT2D eigenvalue weighted by molar-refractivity contribution is -0.160. The summed E-state index contributed by atoms with van der Waals surface area (Å²) in [5, 5.41) is 17.7. The summed E-state index contributed by atoms with van der Waals surface area (Å²) in [6.07, 6.45) is -1.56. The molecule has 1 aliphatic rings. The normalized spacial score (nSPS) is 16.3. The maximum Gasteiger partial charge on any atom is 0.407 e. The average molecular weight is 551 g/mol. The second-order valence-corrected chi connectivity index (χ2v) is 11.1. The zero-order valence-electron chi connectivity index (χ0n) is 19.7. The van der Waals surface area contributed by atoms with Gasteiger partial charge in [0.25, 0.3) is 0 Å². The van der Waals surface area contributed by atoms with E-state index in [1.54, 1.807) is 12.1 Å². The fourth-order valence-electron chi connectivity index (χ4n) is 3.80. The highest BCUT2D eigenvalue weighted by molar-refractivity contribution is 7.90. The monoisotopic (exact) mass is 550 g/mol. The van der Waals surface area contributed by atoms with Gasteiger partial charge in [-0.15, -0.1) is 0 Å². The molecule has 0 unspecified atom stereocenters. The first-order valence-corrected chi connectivity index (χ1v) is 13.2. The summed E-state index contributed by atoms with van der Waals surface area (Å²) < 4.78 is 82.8. The van der Waals surface area contributed by atoms with Gasteiger partial charge in [0.1, 0.15) is 36.1 Å². The van der Waals surface area contributed by atoms with Crippen LogP contribution in [0.1, 0.15) is 30.0 Å². The number of amides is 1. The van der Waals surface area contributed by atoms with Gasteiger partial charge in [-0.05, 0) is 48.2 Å². The lowest BCUT2D eigenvalue weighted by Gasteiger charge is -2.28. The zero-order valence-corrected chi connectivity index (χ0v) is 20.5. The highest BCUT2D eigenvalue weighted by Crippen LogP contribution is 2.36. The lowest BCUT2D eigenvalue weighted by Crippen LogP contribution is -2.54. The summed E-state index contributed by atoms with van der Waals surface area (Å²) >= 11 is 0. The van der Waals surface area contributed by atoms with Crippen LogP contribution in [0.5, 0.6) is 0 Å². The first-order chi connectivity index (χ1) is 17.9. The van der Waals surface area contributed by atoms with Crippen molar-refractivity contribution >= 4 is 15.7 Å². The first-order valence-electron chi connectivity index (χ1n) is 11.4. The molecule has 0 spiro atoms. The second kappa shape index (κ2) is 10.5. The fourth-order valence-corrected chi connectivity index (χ4v) is 5.38. The summed E-state index contributed by atoms with van der Waals surface area (Å²) in [4.78, 5) is 16.8. The van der Waals surface area contributed by atoms with Crippen molar-refractivity contribution in [3.05, 3.63) is 78.1 Å². The molecule has 2 N–H and O–H groups in total. The summed E-state index contributed by atoms with van der Waals surface area (Å²) in [6.45, 7) is 0. The van der Waals surface area contributed by atoms with Crippen LogP contribution in [-0.4, -0.2) is 52.6 Å². The second-order valence-electron chi connectivity index (χ2n) is 8.99. The Morgan fingerprint density at radius 3 is 2.32 bits per heavy atom. The maximum atomic E-state index is 14.0. The Bertz CT molecular complexity index is 1420. The molecule has 0 radical (unpaired) electrons. The van der Waals surface area contributed by atoms with E-state index in [-0.39, 0.29) is 0 Å². The first kappa shape index (κ1) is 27.2. The molecule has 1 amide bonds. The molecule has 38 heavy (non-hydrogen) atoms. The molecule has 0 aliphatic heterocycles. The highest BCUT2D eigenvalue weighted by atomic mass is 32.2. The van der Waals surface area contributed by atoms with E-state index >= 15 is 0 Å². The third-order valence-electron chi connectivity index (χ3n) is 5.97. The Morgan fingerprint density at radius 1 is 1.13 bits per heavy atom. The molecule has 1 heterocycles. The van der Waals surface area contributed by atoms with Gasteiger partial charge >= 0.3 is 6.18 Å². The van der Waals surface area contributed by atoms with Gasteiger partial charge < -0.3 is 5.32 Å². The molecular weight excluding hydrogens is 528 g/mol. The van der Waals surface area contributed by atoms with Crippen molar-refractivity contribution in [2.75, 3.05) is 5.75 Å². The molecule has 1 aromatic heterocycles. The molecule has 0 bridgehead atoms. The summed E-state index contributed by atoms with van der Waals surface area (Å²) in [5.74, 6) is -3.33. The van der Waals surface area contributed by atoms with Crippen molar-refractivity contribution in [3.8, 4) is 11.8 Å². The third-order valence-corrected chi connectivity index (χ3v) is 7.58. The molecular formula is C24H22F4N6O3S. The number of rotatable bonds is 10. The summed E-state index contributed by atoms with van der Waals surface area (Å²) in [7, 11) is -4.14. The van der Waals surface area contributed by atoms with Gasteiger partial charge in [0.15, 0.2) is 9.84 Å². The Labute approximate surface area is 215 Å². The Balaban J connectivity index is 1.57. The maximum absolute atomic E-state index is 14.0. The minimum absolute atomic E-state index is 0.299. The van der Waals surface area contributed by atoms with Crippen LogP contribution in [0.4, 0.5) is 17.6 Å². The number of alkyl halides is 3.